The Balaban J connectivity index is 1.91. The molecule has 0 radical (unpaired) electrons. The first-order valence-electron chi connectivity index (χ1n) is 7.29. The van der Waals surface area contributed by atoms with E-state index < -0.39 is 0 Å². The van der Waals surface area contributed by atoms with Crippen molar-refractivity contribution in [2.75, 3.05) is 32.8 Å². The average molecular weight is 312 g/mol. The van der Waals surface area contributed by atoms with E-state index >= 15 is 0 Å². The molecular formula is C15H22ClN3O2. The first kappa shape index (κ1) is 16.2. The summed E-state index contributed by atoms with van der Waals surface area (Å²) in [5, 5.41) is 3.38. The van der Waals surface area contributed by atoms with E-state index in [0.29, 0.717) is 29.2 Å². The van der Waals surface area contributed by atoms with Gasteiger partial charge < -0.3 is 10.1 Å². The van der Waals surface area contributed by atoms with Gasteiger partial charge in [0.1, 0.15) is 5.15 Å². The minimum atomic E-state index is -0.113. The Labute approximate surface area is 130 Å². The summed E-state index contributed by atoms with van der Waals surface area (Å²) >= 11 is 5.73. The smallest absolute Gasteiger partial charge is 0.252 e. The largest absolute Gasteiger partial charge is 0.379 e. The van der Waals surface area contributed by atoms with Crippen LogP contribution in [0.2, 0.25) is 5.15 Å². The maximum absolute atomic E-state index is 12.1. The monoisotopic (exact) mass is 311 g/mol. The summed E-state index contributed by atoms with van der Waals surface area (Å²) in [7, 11) is 0. The van der Waals surface area contributed by atoms with Crippen LogP contribution in [0.1, 0.15) is 24.2 Å². The maximum Gasteiger partial charge on any atom is 0.252 e. The second kappa shape index (κ2) is 7.73. The number of carbonyl (C=O) groups excluding carboxylic acids is 1. The molecule has 0 bridgehead atoms. The lowest BCUT2D eigenvalue weighted by atomic mass is 10.0. The lowest BCUT2D eigenvalue weighted by Gasteiger charge is -2.36. The van der Waals surface area contributed by atoms with Crippen molar-refractivity contribution in [3.8, 4) is 0 Å². The van der Waals surface area contributed by atoms with E-state index in [1.807, 2.05) is 0 Å². The third-order valence-electron chi connectivity index (χ3n) is 3.75. The molecule has 0 aliphatic carbocycles. The second-order valence-corrected chi connectivity index (χ2v) is 5.93. The summed E-state index contributed by atoms with van der Waals surface area (Å²) in [5.41, 5.74) is 0.531. The van der Waals surface area contributed by atoms with Gasteiger partial charge in [0.25, 0.3) is 5.91 Å². The van der Waals surface area contributed by atoms with Gasteiger partial charge in [-0.15, -0.1) is 0 Å². The van der Waals surface area contributed by atoms with Gasteiger partial charge in [-0.25, -0.2) is 4.98 Å². The molecule has 2 rings (SSSR count). The van der Waals surface area contributed by atoms with Crippen LogP contribution in [0.5, 0.6) is 0 Å². The fourth-order valence-corrected chi connectivity index (χ4v) is 2.62. The van der Waals surface area contributed by atoms with Crippen LogP contribution in [0.4, 0.5) is 0 Å². The van der Waals surface area contributed by atoms with E-state index in [-0.39, 0.29) is 5.91 Å². The highest BCUT2D eigenvalue weighted by molar-refractivity contribution is 6.29. The van der Waals surface area contributed by atoms with Crippen LogP contribution in [-0.4, -0.2) is 54.7 Å². The molecule has 1 aliphatic rings. The SMILES string of the molecule is CC(C)C(CNC(=O)c1ccc(Cl)nc1)N1CCOCC1. The van der Waals surface area contributed by atoms with E-state index in [1.54, 1.807) is 12.1 Å². The van der Waals surface area contributed by atoms with Crippen molar-refractivity contribution in [1.82, 2.24) is 15.2 Å². The van der Waals surface area contributed by atoms with Crippen LogP contribution < -0.4 is 5.32 Å². The number of hydrogen-bond donors (Lipinski definition) is 1. The lowest BCUT2D eigenvalue weighted by molar-refractivity contribution is 0.00672. The standard InChI is InChI=1S/C15H22ClN3O2/c1-11(2)13(19-5-7-21-8-6-19)10-18-15(20)12-3-4-14(16)17-9-12/h3-4,9,11,13H,5-8,10H2,1-2H3,(H,18,20). The number of pyridine rings is 1. The van der Waals surface area contributed by atoms with Crippen LogP contribution in [0, 0.1) is 5.92 Å². The van der Waals surface area contributed by atoms with Gasteiger partial charge in [0.15, 0.2) is 0 Å². The molecule has 1 aliphatic heterocycles. The third kappa shape index (κ3) is 4.66. The number of aromatic nitrogens is 1. The lowest BCUT2D eigenvalue weighted by Crippen LogP contribution is -2.51. The Morgan fingerprint density at radius 3 is 2.71 bits per heavy atom. The van der Waals surface area contributed by atoms with Gasteiger partial charge in [0, 0.05) is 31.9 Å². The minimum Gasteiger partial charge on any atom is -0.379 e. The normalized spacial score (nSPS) is 17.7. The summed E-state index contributed by atoms with van der Waals surface area (Å²) in [5.74, 6) is 0.352. The average Bonchev–Trinajstić information content (AvgIpc) is 2.48. The Bertz CT molecular complexity index is 458. The predicted molar refractivity (Wildman–Crippen MR) is 82.6 cm³/mol. The zero-order chi connectivity index (χ0) is 15.2. The van der Waals surface area contributed by atoms with Crippen molar-refractivity contribution >= 4 is 17.5 Å². The summed E-state index contributed by atoms with van der Waals surface area (Å²) in [6.07, 6.45) is 1.50. The van der Waals surface area contributed by atoms with Crippen LogP contribution in [-0.2, 0) is 4.74 Å². The molecule has 1 amide bonds. The van der Waals surface area contributed by atoms with Crippen molar-refractivity contribution in [2.45, 2.75) is 19.9 Å². The molecule has 1 N–H and O–H groups in total. The first-order chi connectivity index (χ1) is 10.1. The Hall–Kier alpha value is -1.17. The third-order valence-corrected chi connectivity index (χ3v) is 3.97. The summed E-state index contributed by atoms with van der Waals surface area (Å²) < 4.78 is 5.39. The summed E-state index contributed by atoms with van der Waals surface area (Å²) in [6, 6.07) is 3.63. The topological polar surface area (TPSA) is 54.5 Å². The van der Waals surface area contributed by atoms with Crippen molar-refractivity contribution in [3.63, 3.8) is 0 Å². The molecule has 1 aromatic rings. The van der Waals surface area contributed by atoms with Crippen LogP contribution in [0.25, 0.3) is 0 Å². The predicted octanol–water partition coefficient (Wildman–Crippen LogP) is 1.82. The van der Waals surface area contributed by atoms with E-state index in [2.05, 4.69) is 29.0 Å². The van der Waals surface area contributed by atoms with E-state index in [9.17, 15) is 4.79 Å². The molecule has 0 aromatic carbocycles. The van der Waals surface area contributed by atoms with Gasteiger partial charge in [-0.1, -0.05) is 25.4 Å². The Kier molecular flexibility index (Phi) is 5.96. The Morgan fingerprint density at radius 2 is 2.14 bits per heavy atom. The summed E-state index contributed by atoms with van der Waals surface area (Å²) in [6.45, 7) is 8.34. The van der Waals surface area contributed by atoms with Crippen LogP contribution in [0.3, 0.4) is 0 Å². The molecule has 2 heterocycles. The highest BCUT2D eigenvalue weighted by atomic mass is 35.5. The molecule has 1 fully saturated rings. The fraction of sp³-hybridized carbons (Fsp3) is 0.600. The molecule has 116 valence electrons. The zero-order valence-corrected chi connectivity index (χ0v) is 13.3. The molecule has 0 saturated carbocycles. The highest BCUT2D eigenvalue weighted by Crippen LogP contribution is 2.12. The number of nitrogens with zero attached hydrogens (tertiary/aromatic N) is 2. The van der Waals surface area contributed by atoms with Gasteiger partial charge in [0.2, 0.25) is 0 Å². The molecule has 1 atom stereocenters. The molecular weight excluding hydrogens is 290 g/mol. The number of hydrogen-bond acceptors (Lipinski definition) is 4. The van der Waals surface area contributed by atoms with E-state index in [4.69, 9.17) is 16.3 Å². The molecule has 5 nitrogen and oxygen atoms in total. The molecule has 6 heteroatoms. The van der Waals surface area contributed by atoms with E-state index in [1.165, 1.54) is 6.20 Å². The van der Waals surface area contributed by atoms with Crippen molar-refractivity contribution < 1.29 is 9.53 Å². The minimum absolute atomic E-state index is 0.113. The molecule has 1 saturated heterocycles. The van der Waals surface area contributed by atoms with Crippen molar-refractivity contribution in [2.24, 2.45) is 5.92 Å². The van der Waals surface area contributed by atoms with Gasteiger partial charge in [0.05, 0.1) is 18.8 Å². The maximum atomic E-state index is 12.1. The number of carbonyl (C=O) groups is 1. The highest BCUT2D eigenvalue weighted by Gasteiger charge is 2.24. The van der Waals surface area contributed by atoms with Gasteiger partial charge in [-0.2, -0.15) is 0 Å². The number of morpholine rings is 1. The first-order valence-corrected chi connectivity index (χ1v) is 7.67. The van der Waals surface area contributed by atoms with Gasteiger partial charge in [-0.3, -0.25) is 9.69 Å². The second-order valence-electron chi connectivity index (χ2n) is 5.54. The summed E-state index contributed by atoms with van der Waals surface area (Å²) in [4.78, 5) is 18.4. The molecule has 0 spiro atoms. The number of ether oxygens (including phenoxy) is 1. The number of halogens is 1. The molecule has 1 aromatic heterocycles. The van der Waals surface area contributed by atoms with E-state index in [0.717, 1.165) is 26.3 Å². The Morgan fingerprint density at radius 1 is 1.43 bits per heavy atom. The number of nitrogens with one attached hydrogen (secondary N) is 1. The zero-order valence-electron chi connectivity index (χ0n) is 12.5. The fourth-order valence-electron chi connectivity index (χ4n) is 2.51. The van der Waals surface area contributed by atoms with Gasteiger partial charge >= 0.3 is 0 Å². The van der Waals surface area contributed by atoms with Crippen LogP contribution in [0.15, 0.2) is 18.3 Å². The molecule has 21 heavy (non-hydrogen) atoms. The van der Waals surface area contributed by atoms with Gasteiger partial charge in [-0.05, 0) is 18.1 Å². The quantitative estimate of drug-likeness (QED) is 0.843. The van der Waals surface area contributed by atoms with Crippen molar-refractivity contribution in [3.05, 3.63) is 29.0 Å². The number of amides is 1. The molecule has 1 unspecified atom stereocenters. The number of rotatable bonds is 5. The van der Waals surface area contributed by atoms with Crippen molar-refractivity contribution in [1.29, 1.82) is 0 Å². The van der Waals surface area contributed by atoms with Crippen LogP contribution >= 0.6 is 11.6 Å².